The third-order valence-electron chi connectivity index (χ3n) is 3.65. The normalized spacial score (nSPS) is 12.0. The Hall–Kier alpha value is -2.97. The molecule has 9 heteroatoms. The van der Waals surface area contributed by atoms with Crippen LogP contribution in [0, 0.1) is 11.8 Å². The van der Waals surface area contributed by atoms with Crippen molar-refractivity contribution in [1.29, 1.82) is 0 Å². The predicted molar refractivity (Wildman–Crippen MR) is 88.6 cm³/mol. The van der Waals surface area contributed by atoms with Gasteiger partial charge in [0.2, 0.25) is 0 Å². The van der Waals surface area contributed by atoms with E-state index in [0.717, 1.165) is 0 Å². The number of amides is 1. The molecule has 0 bridgehead atoms. The number of carboxylic acids is 1. The number of hydrogen-bond acceptors (Lipinski definition) is 6. The van der Waals surface area contributed by atoms with Gasteiger partial charge in [-0.25, -0.2) is 0 Å². The molecule has 0 saturated carbocycles. The van der Waals surface area contributed by atoms with Crippen LogP contribution in [0.4, 0.5) is 0 Å². The summed E-state index contributed by atoms with van der Waals surface area (Å²) in [6.45, 7) is 3.96. The summed E-state index contributed by atoms with van der Waals surface area (Å²) in [6.07, 6.45) is 1.89. The summed E-state index contributed by atoms with van der Waals surface area (Å²) in [7, 11) is 1.51. The molecule has 1 aromatic carbocycles. The maximum absolute atomic E-state index is 12.4. The number of tetrazole rings is 1. The van der Waals surface area contributed by atoms with Gasteiger partial charge in [-0.15, -0.1) is 5.10 Å². The van der Waals surface area contributed by atoms with Crippen molar-refractivity contribution in [3.05, 3.63) is 30.1 Å². The molecule has 0 spiro atoms. The average Bonchev–Trinajstić information content (AvgIpc) is 3.11. The zero-order valence-electron chi connectivity index (χ0n) is 14.3. The summed E-state index contributed by atoms with van der Waals surface area (Å²) >= 11 is 0. The van der Waals surface area contributed by atoms with E-state index in [2.05, 4.69) is 20.8 Å². The Morgan fingerprint density at radius 2 is 2.12 bits per heavy atom. The van der Waals surface area contributed by atoms with E-state index in [9.17, 15) is 14.7 Å². The Labute approximate surface area is 145 Å². The largest absolute Gasteiger partial charge is 0.494 e. The van der Waals surface area contributed by atoms with Gasteiger partial charge in [0.25, 0.3) is 5.91 Å². The number of benzene rings is 1. The van der Waals surface area contributed by atoms with Gasteiger partial charge in [0.15, 0.2) is 0 Å². The van der Waals surface area contributed by atoms with Gasteiger partial charge in [-0.2, -0.15) is 4.68 Å². The van der Waals surface area contributed by atoms with E-state index in [4.69, 9.17) is 4.74 Å². The summed E-state index contributed by atoms with van der Waals surface area (Å²) in [5.74, 6) is -1.18. The number of carboxylic acid groups (broad SMARTS) is 1. The van der Waals surface area contributed by atoms with E-state index in [-0.39, 0.29) is 18.4 Å². The first-order valence-electron chi connectivity index (χ1n) is 7.84. The fraction of sp³-hybridized carbons (Fsp3) is 0.438. The molecule has 2 rings (SSSR count). The molecule has 0 saturated heterocycles. The molecule has 0 aliphatic heterocycles. The topological polar surface area (TPSA) is 119 Å². The maximum Gasteiger partial charge on any atom is 0.308 e. The van der Waals surface area contributed by atoms with Crippen molar-refractivity contribution in [3.8, 4) is 11.4 Å². The van der Waals surface area contributed by atoms with Crippen molar-refractivity contribution in [2.75, 3.05) is 13.7 Å². The molecule has 1 aromatic heterocycles. The minimum atomic E-state index is -0.918. The van der Waals surface area contributed by atoms with Crippen LogP contribution in [0.5, 0.6) is 5.75 Å². The Balaban J connectivity index is 2.14. The number of carbonyl (C=O) groups excluding carboxylic acids is 1. The fourth-order valence-corrected chi connectivity index (χ4v) is 2.44. The van der Waals surface area contributed by atoms with E-state index in [1.807, 2.05) is 13.8 Å². The Kier molecular flexibility index (Phi) is 6.04. The Bertz CT molecular complexity index is 730. The van der Waals surface area contributed by atoms with Gasteiger partial charge in [-0.3, -0.25) is 9.59 Å². The maximum atomic E-state index is 12.4. The van der Waals surface area contributed by atoms with Gasteiger partial charge in [0.05, 0.1) is 13.0 Å². The highest BCUT2D eigenvalue weighted by molar-refractivity contribution is 5.95. The smallest absolute Gasteiger partial charge is 0.308 e. The van der Waals surface area contributed by atoms with Gasteiger partial charge in [-0.05, 0) is 41.0 Å². The van der Waals surface area contributed by atoms with Crippen molar-refractivity contribution in [2.45, 2.75) is 20.3 Å². The van der Waals surface area contributed by atoms with Gasteiger partial charge in [0.1, 0.15) is 17.8 Å². The lowest BCUT2D eigenvalue weighted by Crippen LogP contribution is -2.33. The Morgan fingerprint density at radius 3 is 2.68 bits per heavy atom. The van der Waals surface area contributed by atoms with Crippen LogP contribution >= 0.6 is 0 Å². The first kappa shape index (κ1) is 18.4. The number of nitrogens with one attached hydrogen (secondary N) is 1. The second kappa shape index (κ2) is 8.22. The number of aromatic nitrogens is 4. The lowest BCUT2D eigenvalue weighted by atomic mass is 9.97. The molecule has 1 heterocycles. The number of ether oxygens (including phenoxy) is 1. The van der Waals surface area contributed by atoms with Crippen molar-refractivity contribution in [3.63, 3.8) is 0 Å². The minimum absolute atomic E-state index is 0.0680. The van der Waals surface area contributed by atoms with Crippen LogP contribution < -0.4 is 10.1 Å². The number of nitrogens with zero attached hydrogens (tertiary/aromatic N) is 4. The third kappa shape index (κ3) is 4.75. The minimum Gasteiger partial charge on any atom is -0.494 e. The molecule has 1 amide bonds. The molecule has 0 fully saturated rings. The van der Waals surface area contributed by atoms with Crippen molar-refractivity contribution in [2.24, 2.45) is 11.8 Å². The van der Waals surface area contributed by atoms with Gasteiger partial charge in [0, 0.05) is 12.1 Å². The molecule has 2 N–H and O–H groups in total. The molecule has 1 atom stereocenters. The number of rotatable bonds is 8. The van der Waals surface area contributed by atoms with Crippen LogP contribution in [0.3, 0.4) is 0 Å². The van der Waals surface area contributed by atoms with Crippen molar-refractivity contribution in [1.82, 2.24) is 25.5 Å². The summed E-state index contributed by atoms with van der Waals surface area (Å²) in [5, 5.41) is 22.8. The first-order chi connectivity index (χ1) is 11.9. The molecule has 0 radical (unpaired) electrons. The van der Waals surface area contributed by atoms with E-state index in [1.54, 1.807) is 18.2 Å². The predicted octanol–water partition coefficient (Wildman–Crippen LogP) is 1.15. The summed E-state index contributed by atoms with van der Waals surface area (Å²) in [6, 6.07) is 4.82. The number of hydrogen-bond donors (Lipinski definition) is 2. The quantitative estimate of drug-likeness (QED) is 0.735. The SMILES string of the molecule is COc1ccc(C(=O)NCC(CC(C)C)C(=O)O)cc1-n1cnnn1. The second-order valence-electron chi connectivity index (χ2n) is 6.02. The lowest BCUT2D eigenvalue weighted by Gasteiger charge is -2.16. The molecular formula is C16H21N5O4. The van der Waals surface area contributed by atoms with E-state index in [0.29, 0.717) is 23.4 Å². The highest BCUT2D eigenvalue weighted by Crippen LogP contribution is 2.23. The second-order valence-corrected chi connectivity index (χ2v) is 6.02. The van der Waals surface area contributed by atoms with Crippen LogP contribution in [0.1, 0.15) is 30.6 Å². The van der Waals surface area contributed by atoms with Gasteiger partial charge < -0.3 is 15.2 Å². The summed E-state index contributed by atoms with van der Waals surface area (Å²) < 4.78 is 6.63. The molecular weight excluding hydrogens is 326 g/mol. The van der Waals surface area contributed by atoms with Crippen LogP contribution in [-0.2, 0) is 4.79 Å². The lowest BCUT2D eigenvalue weighted by molar-refractivity contribution is -0.142. The monoisotopic (exact) mass is 347 g/mol. The van der Waals surface area contributed by atoms with Crippen LogP contribution in [0.15, 0.2) is 24.5 Å². The zero-order chi connectivity index (χ0) is 18.4. The summed E-state index contributed by atoms with van der Waals surface area (Å²) in [5.41, 5.74) is 0.872. The molecule has 0 aliphatic carbocycles. The molecule has 1 unspecified atom stereocenters. The highest BCUT2D eigenvalue weighted by atomic mass is 16.5. The standard InChI is InChI=1S/C16H21N5O4/c1-10(2)6-12(16(23)24)8-17-15(22)11-4-5-14(25-3)13(7-11)21-9-18-19-20-21/h4-5,7,9-10,12H,6,8H2,1-3H3,(H,17,22)(H,23,24). The molecule has 25 heavy (non-hydrogen) atoms. The van der Waals surface area contributed by atoms with Crippen molar-refractivity contribution < 1.29 is 19.4 Å². The molecule has 2 aromatic rings. The van der Waals surface area contributed by atoms with E-state index >= 15 is 0 Å². The molecule has 0 aliphatic rings. The Morgan fingerprint density at radius 1 is 1.36 bits per heavy atom. The van der Waals surface area contributed by atoms with Crippen LogP contribution in [0.2, 0.25) is 0 Å². The number of carbonyl (C=O) groups is 2. The number of methoxy groups -OCH3 is 1. The first-order valence-corrected chi connectivity index (χ1v) is 7.84. The van der Waals surface area contributed by atoms with E-state index in [1.165, 1.54) is 18.1 Å². The number of aliphatic carboxylic acids is 1. The van der Waals surface area contributed by atoms with Crippen LogP contribution in [-0.4, -0.2) is 50.8 Å². The molecule has 134 valence electrons. The van der Waals surface area contributed by atoms with E-state index < -0.39 is 11.9 Å². The third-order valence-corrected chi connectivity index (χ3v) is 3.65. The van der Waals surface area contributed by atoms with Gasteiger partial charge >= 0.3 is 5.97 Å². The highest BCUT2D eigenvalue weighted by Gasteiger charge is 2.20. The van der Waals surface area contributed by atoms with Crippen LogP contribution in [0.25, 0.3) is 5.69 Å². The average molecular weight is 347 g/mol. The zero-order valence-corrected chi connectivity index (χ0v) is 14.3. The molecule has 9 nitrogen and oxygen atoms in total. The van der Waals surface area contributed by atoms with Crippen molar-refractivity contribution >= 4 is 11.9 Å². The fourth-order valence-electron chi connectivity index (χ4n) is 2.44. The van der Waals surface area contributed by atoms with Gasteiger partial charge in [-0.1, -0.05) is 13.8 Å². The summed E-state index contributed by atoms with van der Waals surface area (Å²) in [4.78, 5) is 23.7.